The summed E-state index contributed by atoms with van der Waals surface area (Å²) in [4.78, 5) is 12.7. The van der Waals surface area contributed by atoms with E-state index in [0.717, 1.165) is 26.4 Å². The minimum Gasteiger partial charge on any atom is -0.324 e. The van der Waals surface area contributed by atoms with Crippen LogP contribution in [0.25, 0.3) is 0 Å². The first-order valence-electron chi connectivity index (χ1n) is 6.63. The fourth-order valence-corrected chi connectivity index (χ4v) is 3.96. The second kappa shape index (κ2) is 5.83. The van der Waals surface area contributed by atoms with Crippen molar-refractivity contribution in [1.82, 2.24) is 0 Å². The Balaban J connectivity index is 1.81. The summed E-state index contributed by atoms with van der Waals surface area (Å²) in [5.74, 6) is 0.747. The molecule has 1 unspecified atom stereocenters. The molecule has 3 rings (SSSR count). The molecule has 0 spiro atoms. The molecule has 5 heteroatoms. The molecule has 1 aliphatic heterocycles. The van der Waals surface area contributed by atoms with Crippen LogP contribution in [-0.2, 0) is 10.5 Å². The van der Waals surface area contributed by atoms with Gasteiger partial charge in [0, 0.05) is 26.4 Å². The number of nitrogens with one attached hydrogen (secondary N) is 1. The number of carbonyl (C=O) groups excluding carboxylic acids is 1. The molecule has 0 radical (unpaired) electrons. The number of anilines is 1. The predicted octanol–water partition coefficient (Wildman–Crippen LogP) is 4.00. The largest absolute Gasteiger partial charge is 0.324 e. The van der Waals surface area contributed by atoms with E-state index in [1.165, 1.54) is 11.1 Å². The van der Waals surface area contributed by atoms with E-state index in [9.17, 15) is 4.79 Å². The zero-order chi connectivity index (χ0) is 15.0. The van der Waals surface area contributed by atoms with Crippen molar-refractivity contribution >= 4 is 39.3 Å². The summed E-state index contributed by atoms with van der Waals surface area (Å²) in [6.07, 6.45) is 0. The molecule has 0 saturated heterocycles. The molecule has 3 nitrogen and oxygen atoms in total. The minimum absolute atomic E-state index is 0.141. The van der Waals surface area contributed by atoms with Crippen molar-refractivity contribution in [2.45, 2.75) is 23.6 Å². The van der Waals surface area contributed by atoms with Crippen LogP contribution in [-0.4, -0.2) is 5.91 Å². The highest BCUT2D eigenvalue weighted by atomic mass is 79.9. The molecule has 2 aromatic rings. The summed E-state index contributed by atoms with van der Waals surface area (Å²) in [7, 11) is 0. The minimum atomic E-state index is -0.563. The van der Waals surface area contributed by atoms with E-state index in [2.05, 4.69) is 52.4 Å². The van der Waals surface area contributed by atoms with Crippen molar-refractivity contribution in [3.05, 3.63) is 57.6 Å². The summed E-state index contributed by atoms with van der Waals surface area (Å²) in [6.45, 7) is 2.09. The summed E-state index contributed by atoms with van der Waals surface area (Å²) in [5, 5.41) is 2.82. The molecule has 1 aliphatic rings. The van der Waals surface area contributed by atoms with E-state index in [-0.39, 0.29) is 5.91 Å². The molecule has 3 N–H and O–H groups in total. The molecule has 21 heavy (non-hydrogen) atoms. The summed E-state index contributed by atoms with van der Waals surface area (Å²) < 4.78 is 0.978. The molecule has 1 atom stereocenters. The van der Waals surface area contributed by atoms with Gasteiger partial charge in [0.15, 0.2) is 0 Å². The zero-order valence-electron chi connectivity index (χ0n) is 11.5. The Labute approximate surface area is 136 Å². The number of hydrogen-bond acceptors (Lipinski definition) is 3. The average molecular weight is 363 g/mol. The van der Waals surface area contributed by atoms with Crippen LogP contribution in [0.1, 0.15) is 22.7 Å². The van der Waals surface area contributed by atoms with E-state index in [1.54, 1.807) is 11.8 Å². The molecule has 108 valence electrons. The lowest BCUT2D eigenvalue weighted by atomic mass is 10.1. The van der Waals surface area contributed by atoms with E-state index in [0.29, 0.717) is 0 Å². The second-order valence-electron chi connectivity index (χ2n) is 5.11. The van der Waals surface area contributed by atoms with E-state index in [4.69, 9.17) is 5.73 Å². The Kier molecular flexibility index (Phi) is 4.06. The Morgan fingerprint density at radius 2 is 2.14 bits per heavy atom. The number of carbonyl (C=O) groups is 1. The Hall–Kier alpha value is -1.30. The number of fused-ring (bicyclic) bond motifs is 1. The summed E-state index contributed by atoms with van der Waals surface area (Å²) >= 11 is 5.31. The first-order valence-corrected chi connectivity index (χ1v) is 8.40. The number of rotatable bonds is 3. The number of amides is 1. The number of halogens is 1. The fraction of sp³-hybridized carbons (Fsp3) is 0.188. The maximum absolute atomic E-state index is 11.6. The third-order valence-electron chi connectivity index (χ3n) is 3.46. The number of benzene rings is 2. The molecule has 2 aromatic carbocycles. The summed E-state index contributed by atoms with van der Waals surface area (Å²) in [6, 6.07) is 11.8. The van der Waals surface area contributed by atoms with Crippen LogP contribution in [0.2, 0.25) is 0 Å². The monoisotopic (exact) mass is 362 g/mol. The van der Waals surface area contributed by atoms with Gasteiger partial charge in [-0.25, -0.2) is 0 Å². The molecule has 1 heterocycles. The van der Waals surface area contributed by atoms with Crippen LogP contribution in [0.15, 0.2) is 45.8 Å². The smallest absolute Gasteiger partial charge is 0.245 e. The second-order valence-corrected chi connectivity index (χ2v) is 6.99. The van der Waals surface area contributed by atoms with Crippen LogP contribution < -0.4 is 11.1 Å². The highest BCUT2D eigenvalue weighted by molar-refractivity contribution is 9.10. The van der Waals surface area contributed by atoms with E-state index in [1.807, 2.05) is 12.1 Å². The lowest BCUT2D eigenvalue weighted by molar-refractivity contribution is -0.116. The third kappa shape index (κ3) is 3.00. The van der Waals surface area contributed by atoms with E-state index < -0.39 is 6.04 Å². The maximum Gasteiger partial charge on any atom is 0.245 e. The van der Waals surface area contributed by atoms with Gasteiger partial charge < -0.3 is 11.1 Å². The third-order valence-corrected chi connectivity index (χ3v) is 5.50. The topological polar surface area (TPSA) is 55.1 Å². The standard InChI is InChI=1S/C16H15BrN2OS/c1-9-3-2-4-10(5-9)8-21-14-7-13-11(6-12(14)17)15(18)16(20)19-13/h2-7,15H,8,18H2,1H3,(H,19,20). The van der Waals surface area contributed by atoms with Crippen molar-refractivity contribution in [1.29, 1.82) is 0 Å². The van der Waals surface area contributed by atoms with Crippen LogP contribution in [0.5, 0.6) is 0 Å². The van der Waals surface area contributed by atoms with Crippen molar-refractivity contribution in [3.8, 4) is 0 Å². The fourth-order valence-electron chi connectivity index (χ4n) is 2.36. The Morgan fingerprint density at radius 1 is 1.33 bits per heavy atom. The van der Waals surface area contributed by atoms with Gasteiger partial charge in [-0.05, 0) is 40.5 Å². The quantitative estimate of drug-likeness (QED) is 0.811. The van der Waals surface area contributed by atoms with Crippen molar-refractivity contribution < 1.29 is 4.79 Å². The van der Waals surface area contributed by atoms with Gasteiger partial charge in [-0.3, -0.25) is 4.79 Å². The number of hydrogen-bond donors (Lipinski definition) is 2. The first kappa shape index (κ1) is 14.6. The molecular formula is C16H15BrN2OS. The van der Waals surface area contributed by atoms with Crippen LogP contribution in [0.4, 0.5) is 5.69 Å². The van der Waals surface area contributed by atoms with Gasteiger partial charge in [-0.15, -0.1) is 11.8 Å². The predicted molar refractivity (Wildman–Crippen MR) is 90.4 cm³/mol. The first-order chi connectivity index (χ1) is 10.0. The van der Waals surface area contributed by atoms with Gasteiger partial charge in [0.25, 0.3) is 0 Å². The highest BCUT2D eigenvalue weighted by Gasteiger charge is 2.28. The molecule has 1 amide bonds. The van der Waals surface area contributed by atoms with Gasteiger partial charge in [0.05, 0.1) is 0 Å². The Bertz CT molecular complexity index is 717. The molecule has 0 saturated carbocycles. The zero-order valence-corrected chi connectivity index (χ0v) is 13.9. The molecule has 0 bridgehead atoms. The lowest BCUT2D eigenvalue weighted by Crippen LogP contribution is -2.19. The van der Waals surface area contributed by atoms with Crippen LogP contribution in [0, 0.1) is 6.92 Å². The number of thioether (sulfide) groups is 1. The normalized spacial score (nSPS) is 16.7. The van der Waals surface area contributed by atoms with E-state index >= 15 is 0 Å². The molecule has 0 aliphatic carbocycles. The van der Waals surface area contributed by atoms with Crippen molar-refractivity contribution in [2.75, 3.05) is 5.32 Å². The highest BCUT2D eigenvalue weighted by Crippen LogP contribution is 2.39. The average Bonchev–Trinajstić information content (AvgIpc) is 2.72. The van der Waals surface area contributed by atoms with Crippen molar-refractivity contribution in [2.24, 2.45) is 5.73 Å². The SMILES string of the molecule is Cc1cccc(CSc2cc3c(cc2Br)C(N)C(=O)N3)c1. The lowest BCUT2D eigenvalue weighted by Gasteiger charge is -2.09. The molecule has 0 aromatic heterocycles. The Morgan fingerprint density at radius 3 is 2.90 bits per heavy atom. The number of aryl methyl sites for hydroxylation is 1. The van der Waals surface area contributed by atoms with Gasteiger partial charge in [0.2, 0.25) is 5.91 Å². The van der Waals surface area contributed by atoms with Crippen LogP contribution >= 0.6 is 27.7 Å². The van der Waals surface area contributed by atoms with Gasteiger partial charge in [0.1, 0.15) is 6.04 Å². The molecule has 0 fully saturated rings. The van der Waals surface area contributed by atoms with Gasteiger partial charge in [-0.1, -0.05) is 29.8 Å². The number of nitrogens with two attached hydrogens (primary N) is 1. The van der Waals surface area contributed by atoms with Crippen molar-refractivity contribution in [3.63, 3.8) is 0 Å². The van der Waals surface area contributed by atoms with Gasteiger partial charge >= 0.3 is 0 Å². The molecular weight excluding hydrogens is 348 g/mol. The maximum atomic E-state index is 11.6. The van der Waals surface area contributed by atoms with Crippen LogP contribution in [0.3, 0.4) is 0 Å². The van der Waals surface area contributed by atoms with Gasteiger partial charge in [-0.2, -0.15) is 0 Å². The summed E-state index contributed by atoms with van der Waals surface area (Å²) in [5.41, 5.74) is 10.1.